The molecule has 6 rings (SSSR count). The van der Waals surface area contributed by atoms with Crippen molar-refractivity contribution in [2.75, 3.05) is 37.6 Å². The fourth-order valence-corrected chi connectivity index (χ4v) is 5.83. The minimum absolute atomic E-state index is 0.0276. The van der Waals surface area contributed by atoms with E-state index in [0.29, 0.717) is 16.6 Å². The highest BCUT2D eigenvalue weighted by Crippen LogP contribution is 2.40. The van der Waals surface area contributed by atoms with E-state index in [1.165, 1.54) is 31.1 Å². The van der Waals surface area contributed by atoms with Crippen LogP contribution in [0.4, 0.5) is 18.9 Å². The zero-order valence-corrected chi connectivity index (χ0v) is 22.8. The normalized spacial score (nSPS) is 20.1. The van der Waals surface area contributed by atoms with Crippen molar-refractivity contribution in [2.24, 2.45) is 5.92 Å². The number of hydrogen-bond donors (Lipinski definition) is 1. The molecule has 0 amide bonds. The molecule has 1 aliphatic heterocycles. The molecule has 41 heavy (non-hydrogen) atoms. The molecule has 1 N–H and O–H groups in total. The van der Waals surface area contributed by atoms with Gasteiger partial charge in [0, 0.05) is 44.3 Å². The molecule has 2 aromatic heterocycles. The van der Waals surface area contributed by atoms with Crippen LogP contribution < -0.4 is 4.90 Å². The summed E-state index contributed by atoms with van der Waals surface area (Å²) < 4.78 is 42.1. The average molecular weight is 564 g/mol. The van der Waals surface area contributed by atoms with Gasteiger partial charge >= 0.3 is 12.1 Å². The molecule has 7 nitrogen and oxygen atoms in total. The number of aromatic carboxylic acids is 1. The second kappa shape index (κ2) is 10.8. The van der Waals surface area contributed by atoms with Crippen LogP contribution in [0.25, 0.3) is 11.4 Å². The number of halogens is 3. The molecule has 1 aromatic carbocycles. The third-order valence-corrected chi connectivity index (χ3v) is 8.20. The number of benzene rings is 1. The number of aromatic nitrogens is 3. The van der Waals surface area contributed by atoms with Crippen LogP contribution in [0.1, 0.15) is 59.4 Å². The van der Waals surface area contributed by atoms with Crippen LogP contribution >= 0.6 is 0 Å². The number of carboxylic acid groups (broad SMARTS) is 1. The topological polar surface area (TPSA) is 74.5 Å². The number of nitrogens with zero attached hydrogens (tertiary/aromatic N) is 5. The van der Waals surface area contributed by atoms with Gasteiger partial charge in [-0.05, 0) is 67.5 Å². The lowest BCUT2D eigenvalue weighted by Crippen LogP contribution is -2.47. The fourth-order valence-electron chi connectivity index (χ4n) is 5.83. The van der Waals surface area contributed by atoms with E-state index in [-0.39, 0.29) is 11.7 Å². The molecule has 214 valence electrons. The second-order valence-electron chi connectivity index (χ2n) is 11.2. The molecule has 2 fully saturated rings. The summed E-state index contributed by atoms with van der Waals surface area (Å²) in [6.45, 7) is 7.40. The van der Waals surface area contributed by atoms with Crippen molar-refractivity contribution in [3.63, 3.8) is 0 Å². The Morgan fingerprint density at radius 3 is 2.44 bits per heavy atom. The SMILES string of the molecule is CC1=CCC(c2ccc(N3CCN(CC4CC4)CC3)cc2)C(c2cccc(-n3ncc(C(=O)O)c3C(F)(F)F)n2)=C1. The Labute approximate surface area is 236 Å². The van der Waals surface area contributed by atoms with Crippen molar-refractivity contribution in [1.29, 1.82) is 0 Å². The highest BCUT2D eigenvalue weighted by atomic mass is 19.4. The van der Waals surface area contributed by atoms with Gasteiger partial charge in [0.2, 0.25) is 0 Å². The van der Waals surface area contributed by atoms with E-state index in [4.69, 9.17) is 0 Å². The molecule has 1 saturated heterocycles. The van der Waals surface area contributed by atoms with Gasteiger partial charge in [0.25, 0.3) is 0 Å². The minimum atomic E-state index is -4.92. The van der Waals surface area contributed by atoms with Crippen LogP contribution in [0.2, 0.25) is 0 Å². The zero-order valence-electron chi connectivity index (χ0n) is 22.8. The maximum absolute atomic E-state index is 13.8. The Morgan fingerprint density at radius 2 is 1.78 bits per heavy atom. The smallest absolute Gasteiger partial charge is 0.434 e. The van der Waals surface area contributed by atoms with Gasteiger partial charge in [0.1, 0.15) is 5.56 Å². The standard InChI is InChI=1S/C31H32F3N5O2/c1-20-5-12-24(22-8-10-23(11-9-22)38-15-13-37(14-16-38)19-21-6-7-21)25(17-20)27-3-2-4-28(36-27)39-29(31(32,33)34)26(18-35-39)30(40)41/h2-5,8-11,17-18,21,24H,6-7,12-16,19H2,1H3,(H,40,41). The van der Waals surface area contributed by atoms with Crippen LogP contribution in [0.15, 0.2) is 66.4 Å². The maximum atomic E-state index is 13.8. The number of carboxylic acids is 1. The molecule has 1 unspecified atom stereocenters. The van der Waals surface area contributed by atoms with Crippen molar-refractivity contribution in [3.8, 4) is 5.82 Å². The number of piperazine rings is 1. The zero-order chi connectivity index (χ0) is 28.7. The Bertz CT molecular complexity index is 1500. The van der Waals surface area contributed by atoms with Crippen molar-refractivity contribution in [2.45, 2.75) is 38.3 Å². The van der Waals surface area contributed by atoms with Crippen molar-refractivity contribution in [1.82, 2.24) is 19.7 Å². The Hall–Kier alpha value is -3.92. The maximum Gasteiger partial charge on any atom is 0.434 e. The summed E-state index contributed by atoms with van der Waals surface area (Å²) in [5.74, 6) is -0.912. The lowest BCUT2D eigenvalue weighted by Gasteiger charge is -2.36. The van der Waals surface area contributed by atoms with Crippen molar-refractivity contribution < 1.29 is 23.1 Å². The molecule has 0 radical (unpaired) electrons. The minimum Gasteiger partial charge on any atom is -0.478 e. The summed E-state index contributed by atoms with van der Waals surface area (Å²) in [6, 6.07) is 13.4. The number of hydrogen-bond acceptors (Lipinski definition) is 5. The molecule has 1 saturated carbocycles. The van der Waals surface area contributed by atoms with Gasteiger partial charge in [-0.25, -0.2) is 14.5 Å². The summed E-state index contributed by atoms with van der Waals surface area (Å²) in [5, 5.41) is 13.0. The van der Waals surface area contributed by atoms with E-state index < -0.39 is 23.4 Å². The Kier molecular flexibility index (Phi) is 7.19. The first-order valence-electron chi connectivity index (χ1n) is 14.0. The molecule has 3 heterocycles. The first kappa shape index (κ1) is 27.3. The first-order chi connectivity index (χ1) is 19.7. The van der Waals surface area contributed by atoms with E-state index in [1.807, 2.05) is 13.0 Å². The first-order valence-corrected chi connectivity index (χ1v) is 14.0. The molecule has 2 aliphatic carbocycles. The van der Waals surface area contributed by atoms with Crippen LogP contribution in [0.5, 0.6) is 0 Å². The van der Waals surface area contributed by atoms with Gasteiger partial charge < -0.3 is 10.0 Å². The number of carbonyl (C=O) groups is 1. The van der Waals surface area contributed by atoms with Gasteiger partial charge in [-0.1, -0.05) is 35.9 Å². The number of rotatable bonds is 7. The molecule has 3 aromatic rings. The van der Waals surface area contributed by atoms with Crippen LogP contribution in [-0.4, -0.2) is 63.5 Å². The number of anilines is 1. The predicted molar refractivity (Wildman–Crippen MR) is 150 cm³/mol. The number of allylic oxidation sites excluding steroid dienone is 4. The molecule has 10 heteroatoms. The third-order valence-electron chi connectivity index (χ3n) is 8.20. The van der Waals surface area contributed by atoms with Crippen LogP contribution in [0.3, 0.4) is 0 Å². The predicted octanol–water partition coefficient (Wildman–Crippen LogP) is 6.03. The molecule has 1 atom stereocenters. The highest BCUT2D eigenvalue weighted by molar-refractivity contribution is 5.89. The van der Waals surface area contributed by atoms with Gasteiger partial charge in [0.05, 0.1) is 11.9 Å². The molecule has 3 aliphatic rings. The summed E-state index contributed by atoms with van der Waals surface area (Å²) in [4.78, 5) is 21.0. The summed E-state index contributed by atoms with van der Waals surface area (Å²) >= 11 is 0. The van der Waals surface area contributed by atoms with Crippen LogP contribution in [0, 0.1) is 5.92 Å². The van der Waals surface area contributed by atoms with Gasteiger partial charge in [0.15, 0.2) is 11.5 Å². The second-order valence-corrected chi connectivity index (χ2v) is 11.2. The molecule has 0 spiro atoms. The lowest BCUT2D eigenvalue weighted by molar-refractivity contribution is -0.143. The van der Waals surface area contributed by atoms with Crippen molar-refractivity contribution in [3.05, 3.63) is 88.9 Å². The van der Waals surface area contributed by atoms with Gasteiger partial charge in [-0.3, -0.25) is 4.90 Å². The highest BCUT2D eigenvalue weighted by Gasteiger charge is 2.41. The summed E-state index contributed by atoms with van der Waals surface area (Å²) in [6.07, 6.45) is 3.45. The largest absolute Gasteiger partial charge is 0.478 e. The summed E-state index contributed by atoms with van der Waals surface area (Å²) in [5.41, 5.74) is 2.50. The molecular weight excluding hydrogens is 531 g/mol. The monoisotopic (exact) mass is 563 g/mol. The fraction of sp³-hybridized carbons (Fsp3) is 0.387. The van der Waals surface area contributed by atoms with E-state index >= 15 is 0 Å². The Morgan fingerprint density at radius 1 is 1.05 bits per heavy atom. The van der Waals surface area contributed by atoms with E-state index in [2.05, 4.69) is 50.2 Å². The average Bonchev–Trinajstić information content (AvgIpc) is 3.65. The molecule has 0 bridgehead atoms. The summed E-state index contributed by atoms with van der Waals surface area (Å²) in [7, 11) is 0. The van der Waals surface area contributed by atoms with E-state index in [9.17, 15) is 23.1 Å². The number of pyridine rings is 1. The quantitative estimate of drug-likeness (QED) is 0.378. The molecular formula is C31H32F3N5O2. The van der Waals surface area contributed by atoms with E-state index in [0.717, 1.165) is 55.2 Å². The number of alkyl halides is 3. The van der Waals surface area contributed by atoms with Gasteiger partial charge in [-0.2, -0.15) is 18.3 Å². The Balaban J connectivity index is 1.25. The third kappa shape index (κ3) is 5.79. The van der Waals surface area contributed by atoms with Gasteiger partial charge in [-0.15, -0.1) is 0 Å². The van der Waals surface area contributed by atoms with E-state index in [1.54, 1.807) is 12.1 Å². The van der Waals surface area contributed by atoms with Crippen molar-refractivity contribution >= 4 is 17.2 Å². The lowest BCUT2D eigenvalue weighted by atomic mass is 9.81. The van der Waals surface area contributed by atoms with Crippen LogP contribution in [-0.2, 0) is 6.18 Å².